The quantitative estimate of drug-likeness (QED) is 0.846. The Hall–Kier alpha value is -2.06. The van der Waals surface area contributed by atoms with Gasteiger partial charge in [-0.25, -0.2) is 4.39 Å². The number of rotatable bonds is 5. The number of benzene rings is 1. The maximum absolute atomic E-state index is 13.5. The van der Waals surface area contributed by atoms with E-state index in [-0.39, 0.29) is 17.9 Å². The molecule has 1 aromatic carbocycles. The standard InChI is InChI=1S/C15H15ClFN3O/c1-3-12-15(16)13(20(4-2)19-12)9-21-14-7-5-6-11(17)10(14)8-18/h5-7H,3-4,9H2,1-2H3. The molecule has 0 atom stereocenters. The molecule has 0 spiro atoms. The normalized spacial score (nSPS) is 10.4. The molecule has 0 amide bonds. The molecule has 0 saturated heterocycles. The summed E-state index contributed by atoms with van der Waals surface area (Å²) in [5.41, 5.74) is 1.42. The highest BCUT2D eigenvalue weighted by atomic mass is 35.5. The Morgan fingerprint density at radius 1 is 1.43 bits per heavy atom. The molecule has 0 radical (unpaired) electrons. The zero-order chi connectivity index (χ0) is 15.4. The first-order chi connectivity index (χ1) is 10.1. The van der Waals surface area contributed by atoms with Gasteiger partial charge in [0.25, 0.3) is 0 Å². The van der Waals surface area contributed by atoms with E-state index in [9.17, 15) is 4.39 Å². The molecular weight excluding hydrogens is 293 g/mol. The smallest absolute Gasteiger partial charge is 0.144 e. The molecule has 0 aliphatic carbocycles. The molecule has 0 fully saturated rings. The second-order valence-corrected chi connectivity index (χ2v) is 4.77. The first-order valence-electron chi connectivity index (χ1n) is 6.67. The summed E-state index contributed by atoms with van der Waals surface area (Å²) >= 11 is 6.28. The average molecular weight is 308 g/mol. The molecule has 1 heterocycles. The first kappa shape index (κ1) is 15.3. The number of hydrogen-bond donors (Lipinski definition) is 0. The van der Waals surface area contributed by atoms with E-state index in [0.717, 1.165) is 17.8 Å². The summed E-state index contributed by atoms with van der Waals surface area (Å²) in [5.74, 6) is -0.394. The maximum atomic E-state index is 13.5. The van der Waals surface area contributed by atoms with Gasteiger partial charge in [-0.1, -0.05) is 24.6 Å². The molecule has 0 aliphatic rings. The van der Waals surface area contributed by atoms with E-state index in [1.165, 1.54) is 12.1 Å². The van der Waals surface area contributed by atoms with Crippen molar-refractivity contribution in [2.45, 2.75) is 33.4 Å². The van der Waals surface area contributed by atoms with Gasteiger partial charge in [-0.2, -0.15) is 10.4 Å². The SMILES string of the molecule is CCc1nn(CC)c(COc2cccc(F)c2C#N)c1Cl. The molecule has 0 saturated carbocycles. The van der Waals surface area contributed by atoms with E-state index in [0.29, 0.717) is 11.6 Å². The largest absolute Gasteiger partial charge is 0.486 e. The minimum Gasteiger partial charge on any atom is -0.486 e. The number of hydrogen-bond acceptors (Lipinski definition) is 3. The maximum Gasteiger partial charge on any atom is 0.144 e. The number of halogens is 2. The molecule has 0 bridgehead atoms. The van der Waals surface area contributed by atoms with Crippen molar-refractivity contribution in [2.24, 2.45) is 0 Å². The Labute approximate surface area is 127 Å². The van der Waals surface area contributed by atoms with E-state index < -0.39 is 5.82 Å². The van der Waals surface area contributed by atoms with Crippen LogP contribution in [-0.4, -0.2) is 9.78 Å². The lowest BCUT2D eigenvalue weighted by Gasteiger charge is -2.09. The lowest BCUT2D eigenvalue weighted by Crippen LogP contribution is -2.07. The molecule has 1 aromatic heterocycles. The average Bonchev–Trinajstić information content (AvgIpc) is 2.80. The summed E-state index contributed by atoms with van der Waals surface area (Å²) in [6.07, 6.45) is 0.724. The fourth-order valence-electron chi connectivity index (χ4n) is 2.03. The Morgan fingerprint density at radius 2 is 2.19 bits per heavy atom. The van der Waals surface area contributed by atoms with Crippen molar-refractivity contribution in [2.75, 3.05) is 0 Å². The van der Waals surface area contributed by atoms with Gasteiger partial charge in [0.05, 0.1) is 16.4 Å². The molecule has 0 aliphatic heterocycles. The van der Waals surface area contributed by atoms with Crippen LogP contribution in [0.5, 0.6) is 5.75 Å². The summed E-state index contributed by atoms with van der Waals surface area (Å²) in [6.45, 7) is 4.72. The summed E-state index contributed by atoms with van der Waals surface area (Å²) in [5, 5.41) is 13.9. The van der Waals surface area contributed by atoms with Gasteiger partial charge in [0.15, 0.2) is 0 Å². The predicted octanol–water partition coefficient (Wildman–Crippen LogP) is 3.71. The molecular formula is C15H15ClFN3O. The van der Waals surface area contributed by atoms with Crippen molar-refractivity contribution in [3.05, 3.63) is 46.0 Å². The number of nitrogens with zero attached hydrogens (tertiary/aromatic N) is 3. The summed E-state index contributed by atoms with van der Waals surface area (Å²) in [7, 11) is 0. The van der Waals surface area contributed by atoms with Crippen molar-refractivity contribution in [1.29, 1.82) is 5.26 Å². The van der Waals surface area contributed by atoms with Gasteiger partial charge in [0.2, 0.25) is 0 Å². The molecule has 2 aromatic rings. The molecule has 2 rings (SSSR count). The number of aryl methyl sites for hydroxylation is 2. The zero-order valence-corrected chi connectivity index (χ0v) is 12.6. The van der Waals surface area contributed by atoms with Crippen LogP contribution < -0.4 is 4.74 Å². The van der Waals surface area contributed by atoms with Crippen LogP contribution in [0.15, 0.2) is 18.2 Å². The van der Waals surface area contributed by atoms with Gasteiger partial charge in [-0.05, 0) is 25.5 Å². The highest BCUT2D eigenvalue weighted by Gasteiger charge is 2.16. The van der Waals surface area contributed by atoms with E-state index in [1.807, 2.05) is 13.8 Å². The van der Waals surface area contributed by atoms with Crippen LogP contribution in [0.25, 0.3) is 0 Å². The molecule has 6 heteroatoms. The van der Waals surface area contributed by atoms with Crippen LogP contribution in [0.3, 0.4) is 0 Å². The summed E-state index contributed by atoms with van der Waals surface area (Å²) < 4.78 is 20.8. The molecule has 0 N–H and O–H groups in total. The summed E-state index contributed by atoms with van der Waals surface area (Å²) in [4.78, 5) is 0. The van der Waals surface area contributed by atoms with Crippen LogP contribution in [-0.2, 0) is 19.6 Å². The molecule has 21 heavy (non-hydrogen) atoms. The lowest BCUT2D eigenvalue weighted by molar-refractivity contribution is 0.290. The van der Waals surface area contributed by atoms with Crippen molar-refractivity contribution < 1.29 is 9.13 Å². The number of nitriles is 1. The second kappa shape index (κ2) is 6.59. The van der Waals surface area contributed by atoms with Crippen LogP contribution in [0, 0.1) is 17.1 Å². The third-order valence-electron chi connectivity index (χ3n) is 3.15. The van der Waals surface area contributed by atoms with Crippen molar-refractivity contribution in [1.82, 2.24) is 9.78 Å². The Balaban J connectivity index is 2.27. The van der Waals surface area contributed by atoms with Gasteiger partial charge < -0.3 is 4.74 Å². The van der Waals surface area contributed by atoms with Crippen molar-refractivity contribution >= 4 is 11.6 Å². The Kier molecular flexibility index (Phi) is 4.81. The predicted molar refractivity (Wildman–Crippen MR) is 77.7 cm³/mol. The topological polar surface area (TPSA) is 50.8 Å². The minimum atomic E-state index is -0.598. The third kappa shape index (κ3) is 3.01. The van der Waals surface area contributed by atoms with Crippen molar-refractivity contribution in [3.63, 3.8) is 0 Å². The van der Waals surface area contributed by atoms with Gasteiger partial charge >= 0.3 is 0 Å². The van der Waals surface area contributed by atoms with E-state index in [2.05, 4.69) is 5.10 Å². The molecule has 110 valence electrons. The van der Waals surface area contributed by atoms with E-state index >= 15 is 0 Å². The highest BCUT2D eigenvalue weighted by Crippen LogP contribution is 2.25. The molecule has 0 unspecified atom stereocenters. The van der Waals surface area contributed by atoms with Crippen LogP contribution in [0.4, 0.5) is 4.39 Å². The summed E-state index contributed by atoms with van der Waals surface area (Å²) in [6, 6.07) is 6.09. The number of ether oxygens (including phenoxy) is 1. The lowest BCUT2D eigenvalue weighted by atomic mass is 10.2. The first-order valence-corrected chi connectivity index (χ1v) is 7.05. The van der Waals surface area contributed by atoms with Gasteiger partial charge in [-0.15, -0.1) is 0 Å². The highest BCUT2D eigenvalue weighted by molar-refractivity contribution is 6.31. The fourth-order valence-corrected chi connectivity index (χ4v) is 2.36. The van der Waals surface area contributed by atoms with E-state index in [4.69, 9.17) is 21.6 Å². The second-order valence-electron chi connectivity index (χ2n) is 4.39. The third-order valence-corrected chi connectivity index (χ3v) is 3.58. The van der Waals surface area contributed by atoms with Crippen molar-refractivity contribution in [3.8, 4) is 11.8 Å². The van der Waals surface area contributed by atoms with Crippen LogP contribution >= 0.6 is 11.6 Å². The minimum absolute atomic E-state index is 0.105. The van der Waals surface area contributed by atoms with Crippen LogP contribution in [0.1, 0.15) is 30.8 Å². The Morgan fingerprint density at radius 3 is 2.81 bits per heavy atom. The fraction of sp³-hybridized carbons (Fsp3) is 0.333. The monoisotopic (exact) mass is 307 g/mol. The van der Waals surface area contributed by atoms with Gasteiger partial charge in [0, 0.05) is 6.54 Å². The van der Waals surface area contributed by atoms with E-state index in [1.54, 1.807) is 16.8 Å². The molecule has 4 nitrogen and oxygen atoms in total. The Bertz CT molecular complexity index is 691. The van der Waals surface area contributed by atoms with Gasteiger partial charge in [0.1, 0.15) is 29.8 Å². The van der Waals surface area contributed by atoms with Gasteiger partial charge in [-0.3, -0.25) is 4.68 Å². The zero-order valence-electron chi connectivity index (χ0n) is 11.9. The number of aromatic nitrogens is 2. The van der Waals surface area contributed by atoms with Crippen LogP contribution in [0.2, 0.25) is 5.02 Å².